The molecule has 1 fully saturated rings. The predicted octanol–water partition coefficient (Wildman–Crippen LogP) is 3.04. The summed E-state index contributed by atoms with van der Waals surface area (Å²) in [6.07, 6.45) is -4.34. The molecule has 1 N–H and O–H groups in total. The quantitative estimate of drug-likeness (QED) is 0.925. The van der Waals surface area contributed by atoms with Crippen molar-refractivity contribution >= 4 is 5.69 Å². The van der Waals surface area contributed by atoms with Crippen molar-refractivity contribution in [2.75, 3.05) is 31.2 Å². The molecule has 1 heterocycles. The normalized spacial score (nSPS) is 16.6. The van der Waals surface area contributed by atoms with Crippen LogP contribution in [-0.4, -0.2) is 32.3 Å². The Balaban J connectivity index is 2.26. The Kier molecular flexibility index (Phi) is 5.11. The average molecular weight is 302 g/mol. The van der Waals surface area contributed by atoms with Crippen LogP contribution in [0.4, 0.5) is 18.9 Å². The maximum atomic E-state index is 13.2. The van der Waals surface area contributed by atoms with Crippen LogP contribution in [0, 0.1) is 0 Å². The minimum absolute atomic E-state index is 0.144. The number of ether oxygens (including phenoxy) is 1. The van der Waals surface area contributed by atoms with Crippen LogP contribution >= 0.6 is 0 Å². The van der Waals surface area contributed by atoms with Crippen LogP contribution in [0.15, 0.2) is 18.2 Å². The molecule has 0 atom stereocenters. The molecule has 0 aliphatic carbocycles. The van der Waals surface area contributed by atoms with Gasteiger partial charge in [0.15, 0.2) is 0 Å². The van der Waals surface area contributed by atoms with E-state index < -0.39 is 11.7 Å². The first-order valence-electron chi connectivity index (χ1n) is 7.14. The molecule has 21 heavy (non-hydrogen) atoms. The minimum atomic E-state index is -4.34. The fourth-order valence-corrected chi connectivity index (χ4v) is 2.31. The molecule has 3 nitrogen and oxygen atoms in total. The van der Waals surface area contributed by atoms with Crippen LogP contribution in [0.3, 0.4) is 0 Å². The average Bonchev–Trinajstić information content (AvgIpc) is 2.45. The molecule has 1 aliphatic heterocycles. The minimum Gasteiger partial charge on any atom is -0.378 e. The number of hydrogen-bond donors (Lipinski definition) is 1. The van der Waals surface area contributed by atoms with E-state index in [0.29, 0.717) is 32.0 Å². The Morgan fingerprint density at radius 1 is 1.24 bits per heavy atom. The summed E-state index contributed by atoms with van der Waals surface area (Å²) in [6, 6.07) is 4.73. The molecule has 0 amide bonds. The first-order valence-corrected chi connectivity index (χ1v) is 7.14. The van der Waals surface area contributed by atoms with Crippen molar-refractivity contribution in [2.45, 2.75) is 32.6 Å². The molecule has 118 valence electrons. The Hall–Kier alpha value is -1.27. The van der Waals surface area contributed by atoms with Crippen molar-refractivity contribution in [1.29, 1.82) is 0 Å². The van der Waals surface area contributed by atoms with Crippen molar-refractivity contribution in [3.8, 4) is 0 Å². The molecular formula is C15H21F3N2O. The van der Waals surface area contributed by atoms with Gasteiger partial charge in [-0.1, -0.05) is 19.9 Å². The van der Waals surface area contributed by atoms with Crippen LogP contribution in [0.2, 0.25) is 0 Å². The van der Waals surface area contributed by atoms with E-state index in [1.807, 2.05) is 18.7 Å². The van der Waals surface area contributed by atoms with Gasteiger partial charge in [0, 0.05) is 31.4 Å². The third kappa shape index (κ3) is 4.35. The third-order valence-corrected chi connectivity index (χ3v) is 3.48. The Morgan fingerprint density at radius 2 is 1.90 bits per heavy atom. The highest BCUT2D eigenvalue weighted by atomic mass is 19.4. The molecular weight excluding hydrogens is 281 g/mol. The highest BCUT2D eigenvalue weighted by Gasteiger charge is 2.34. The third-order valence-electron chi connectivity index (χ3n) is 3.48. The van der Waals surface area contributed by atoms with E-state index in [-0.39, 0.29) is 18.2 Å². The van der Waals surface area contributed by atoms with Gasteiger partial charge in [-0.25, -0.2) is 0 Å². The summed E-state index contributed by atoms with van der Waals surface area (Å²) in [5, 5.41) is 3.04. The molecule has 0 aromatic heterocycles. The summed E-state index contributed by atoms with van der Waals surface area (Å²) < 4.78 is 45.0. The molecule has 6 heteroatoms. The largest absolute Gasteiger partial charge is 0.416 e. The van der Waals surface area contributed by atoms with Crippen LogP contribution in [0.1, 0.15) is 25.0 Å². The first kappa shape index (κ1) is 16.1. The van der Waals surface area contributed by atoms with Crippen LogP contribution in [0.5, 0.6) is 0 Å². The predicted molar refractivity (Wildman–Crippen MR) is 76.5 cm³/mol. The van der Waals surface area contributed by atoms with Crippen molar-refractivity contribution in [3.05, 3.63) is 29.3 Å². The van der Waals surface area contributed by atoms with Gasteiger partial charge in [-0.05, 0) is 17.7 Å². The lowest BCUT2D eigenvalue weighted by molar-refractivity contribution is -0.138. The number of nitrogens with one attached hydrogen (secondary N) is 1. The SMILES string of the molecule is CC(C)NCc1ccc(N2CCOCC2)cc1C(F)(F)F. The van der Waals surface area contributed by atoms with E-state index in [9.17, 15) is 13.2 Å². The fraction of sp³-hybridized carbons (Fsp3) is 0.600. The molecule has 0 radical (unpaired) electrons. The first-order chi connectivity index (χ1) is 9.88. The smallest absolute Gasteiger partial charge is 0.378 e. The molecule has 1 aromatic rings. The summed E-state index contributed by atoms with van der Waals surface area (Å²) in [5.74, 6) is 0. The number of anilines is 1. The number of hydrogen-bond acceptors (Lipinski definition) is 3. The van der Waals surface area contributed by atoms with E-state index >= 15 is 0 Å². The standard InChI is InChI=1S/C15H21F3N2O/c1-11(2)19-10-12-3-4-13(9-14(12)15(16,17)18)20-5-7-21-8-6-20/h3-4,9,11,19H,5-8,10H2,1-2H3. The number of rotatable bonds is 4. The molecule has 0 saturated carbocycles. The van der Waals surface area contributed by atoms with Crippen LogP contribution in [0.25, 0.3) is 0 Å². The Labute approximate surface area is 123 Å². The van der Waals surface area contributed by atoms with E-state index in [1.165, 1.54) is 6.07 Å². The van der Waals surface area contributed by atoms with Crippen LogP contribution < -0.4 is 10.2 Å². The second-order valence-corrected chi connectivity index (χ2v) is 5.47. The van der Waals surface area contributed by atoms with E-state index in [4.69, 9.17) is 4.74 Å². The highest BCUT2D eigenvalue weighted by molar-refractivity contribution is 5.52. The van der Waals surface area contributed by atoms with E-state index in [0.717, 1.165) is 0 Å². The molecule has 1 aromatic carbocycles. The molecule has 0 bridgehead atoms. The summed E-state index contributed by atoms with van der Waals surface area (Å²) in [7, 11) is 0. The van der Waals surface area contributed by atoms with E-state index in [1.54, 1.807) is 12.1 Å². The topological polar surface area (TPSA) is 24.5 Å². The second-order valence-electron chi connectivity index (χ2n) is 5.47. The molecule has 2 rings (SSSR count). The summed E-state index contributed by atoms with van der Waals surface area (Å²) in [5.41, 5.74) is 0.340. The van der Waals surface area contributed by atoms with Crippen LogP contribution in [-0.2, 0) is 17.5 Å². The lowest BCUT2D eigenvalue weighted by atomic mass is 10.0. The zero-order valence-corrected chi connectivity index (χ0v) is 12.3. The summed E-state index contributed by atoms with van der Waals surface area (Å²) in [4.78, 5) is 1.93. The van der Waals surface area contributed by atoms with Gasteiger partial charge in [-0.15, -0.1) is 0 Å². The summed E-state index contributed by atoms with van der Waals surface area (Å²) in [6.45, 7) is 6.40. The van der Waals surface area contributed by atoms with Crippen molar-refractivity contribution in [2.24, 2.45) is 0 Å². The van der Waals surface area contributed by atoms with Crippen molar-refractivity contribution in [3.63, 3.8) is 0 Å². The van der Waals surface area contributed by atoms with Gasteiger partial charge in [0.2, 0.25) is 0 Å². The van der Waals surface area contributed by atoms with Crippen molar-refractivity contribution < 1.29 is 17.9 Å². The maximum Gasteiger partial charge on any atom is 0.416 e. The number of benzene rings is 1. The van der Waals surface area contributed by atoms with Gasteiger partial charge in [0.1, 0.15) is 0 Å². The zero-order valence-electron chi connectivity index (χ0n) is 12.3. The van der Waals surface area contributed by atoms with Gasteiger partial charge in [0.05, 0.1) is 18.8 Å². The lowest BCUT2D eigenvalue weighted by Crippen LogP contribution is -2.36. The van der Waals surface area contributed by atoms with Gasteiger partial charge in [0.25, 0.3) is 0 Å². The van der Waals surface area contributed by atoms with Gasteiger partial charge >= 0.3 is 6.18 Å². The maximum absolute atomic E-state index is 13.2. The lowest BCUT2D eigenvalue weighted by Gasteiger charge is -2.29. The van der Waals surface area contributed by atoms with E-state index in [2.05, 4.69) is 5.32 Å². The van der Waals surface area contributed by atoms with Gasteiger partial charge < -0.3 is 15.0 Å². The number of alkyl halides is 3. The number of halogens is 3. The zero-order chi connectivity index (χ0) is 15.5. The Morgan fingerprint density at radius 3 is 2.48 bits per heavy atom. The summed E-state index contributed by atoms with van der Waals surface area (Å²) >= 11 is 0. The fourth-order valence-electron chi connectivity index (χ4n) is 2.31. The Bertz CT molecular complexity index is 468. The highest BCUT2D eigenvalue weighted by Crippen LogP contribution is 2.35. The van der Waals surface area contributed by atoms with Crippen molar-refractivity contribution in [1.82, 2.24) is 5.32 Å². The number of morpholine rings is 1. The molecule has 1 aliphatic rings. The monoisotopic (exact) mass is 302 g/mol. The van der Waals surface area contributed by atoms with Gasteiger partial charge in [-0.2, -0.15) is 13.2 Å². The number of nitrogens with zero attached hydrogens (tertiary/aromatic N) is 1. The second kappa shape index (κ2) is 6.66. The molecule has 1 saturated heterocycles. The molecule has 0 unspecified atom stereocenters. The molecule has 0 spiro atoms. The van der Waals surface area contributed by atoms with Gasteiger partial charge in [-0.3, -0.25) is 0 Å².